The summed E-state index contributed by atoms with van der Waals surface area (Å²) in [5.41, 5.74) is 0. The van der Waals surface area contributed by atoms with Gasteiger partial charge in [0.15, 0.2) is 0 Å². The minimum atomic E-state index is 0.193. The Morgan fingerprint density at radius 2 is 1.44 bits per heavy atom. The zero-order valence-corrected chi connectivity index (χ0v) is 8.51. The molecule has 0 fully saturated rings. The van der Waals surface area contributed by atoms with E-state index in [-0.39, 0.29) is 11.5 Å². The fraction of sp³-hybridized carbons (Fsp3) is 0. The molecule has 0 aliphatic carbocycles. The minimum absolute atomic E-state index is 0.193. The average Bonchev–Trinajstić information content (AvgIpc) is 2.31. The molecule has 2 heteroatoms. The summed E-state index contributed by atoms with van der Waals surface area (Å²) in [6.45, 7) is 0. The molecule has 2 nitrogen and oxygen atoms in total. The van der Waals surface area contributed by atoms with E-state index >= 15 is 0 Å². The number of hydrogen-bond acceptors (Lipinski definition) is 2. The maximum atomic E-state index is 10.1. The first kappa shape index (κ1) is 9.04. The molecule has 2 N–H and O–H groups in total. The molecule has 0 atom stereocenters. The summed E-state index contributed by atoms with van der Waals surface area (Å²) in [5, 5.41) is 23.0. The standard InChI is InChI=1S/C14H10O2/c15-13-7-3-6-11-12(13)8-9-4-1-2-5-10(9)14(11)16/h1-8,15-16H. The van der Waals surface area contributed by atoms with Gasteiger partial charge in [-0.3, -0.25) is 0 Å². The topological polar surface area (TPSA) is 40.5 Å². The van der Waals surface area contributed by atoms with Crippen LogP contribution in [0, 0.1) is 0 Å². The lowest BCUT2D eigenvalue weighted by Crippen LogP contribution is -1.79. The van der Waals surface area contributed by atoms with Gasteiger partial charge >= 0.3 is 0 Å². The smallest absolute Gasteiger partial charge is 0.131 e. The van der Waals surface area contributed by atoms with Crippen molar-refractivity contribution < 1.29 is 10.2 Å². The van der Waals surface area contributed by atoms with E-state index in [0.717, 1.165) is 10.8 Å². The normalized spacial score (nSPS) is 11.0. The maximum Gasteiger partial charge on any atom is 0.131 e. The summed E-state index contributed by atoms with van der Waals surface area (Å²) in [6, 6.07) is 14.6. The van der Waals surface area contributed by atoms with Crippen molar-refractivity contribution in [1.29, 1.82) is 0 Å². The van der Waals surface area contributed by atoms with Crippen LogP contribution < -0.4 is 0 Å². The summed E-state index contributed by atoms with van der Waals surface area (Å²) in [5.74, 6) is 0.419. The van der Waals surface area contributed by atoms with E-state index in [4.69, 9.17) is 0 Å². The molecule has 0 aromatic heterocycles. The quantitative estimate of drug-likeness (QED) is 0.558. The van der Waals surface area contributed by atoms with Crippen LogP contribution >= 0.6 is 0 Å². The van der Waals surface area contributed by atoms with E-state index in [1.807, 2.05) is 30.3 Å². The molecule has 3 rings (SSSR count). The Bertz CT molecular complexity index is 687. The van der Waals surface area contributed by atoms with Crippen molar-refractivity contribution in [3.8, 4) is 11.5 Å². The highest BCUT2D eigenvalue weighted by molar-refractivity contribution is 6.06. The molecule has 0 amide bonds. The molecule has 3 aromatic carbocycles. The molecule has 16 heavy (non-hydrogen) atoms. The summed E-state index contributed by atoms with van der Waals surface area (Å²) in [6.07, 6.45) is 0. The predicted octanol–water partition coefficient (Wildman–Crippen LogP) is 3.40. The Morgan fingerprint density at radius 1 is 0.688 bits per heavy atom. The Balaban J connectivity index is 2.61. The van der Waals surface area contributed by atoms with Crippen molar-refractivity contribution in [3.63, 3.8) is 0 Å². The third kappa shape index (κ3) is 1.13. The van der Waals surface area contributed by atoms with E-state index in [1.54, 1.807) is 18.2 Å². The van der Waals surface area contributed by atoms with Crippen LogP contribution in [0.2, 0.25) is 0 Å². The first-order chi connectivity index (χ1) is 7.77. The highest BCUT2D eigenvalue weighted by Gasteiger charge is 2.07. The van der Waals surface area contributed by atoms with Gasteiger partial charge in [0.25, 0.3) is 0 Å². The summed E-state index contributed by atoms with van der Waals surface area (Å²) in [4.78, 5) is 0. The average molecular weight is 210 g/mol. The van der Waals surface area contributed by atoms with Gasteiger partial charge in [-0.15, -0.1) is 0 Å². The van der Waals surface area contributed by atoms with Gasteiger partial charge in [0, 0.05) is 16.2 Å². The van der Waals surface area contributed by atoms with E-state index in [0.29, 0.717) is 10.8 Å². The van der Waals surface area contributed by atoms with Crippen LogP contribution in [0.3, 0.4) is 0 Å². The van der Waals surface area contributed by atoms with Crippen molar-refractivity contribution in [2.45, 2.75) is 0 Å². The molecule has 78 valence electrons. The number of phenols is 2. The van der Waals surface area contributed by atoms with Crippen molar-refractivity contribution >= 4 is 21.5 Å². The maximum absolute atomic E-state index is 10.1. The fourth-order valence-electron chi connectivity index (χ4n) is 2.05. The highest BCUT2D eigenvalue weighted by atomic mass is 16.3. The number of rotatable bonds is 0. The molecule has 0 heterocycles. The SMILES string of the molecule is Oc1cccc2c(O)c3ccccc3cc12. The Labute approximate surface area is 92.4 Å². The van der Waals surface area contributed by atoms with Crippen LogP contribution in [0.15, 0.2) is 48.5 Å². The fourth-order valence-corrected chi connectivity index (χ4v) is 2.05. The van der Waals surface area contributed by atoms with Crippen LogP contribution in [0.5, 0.6) is 11.5 Å². The Morgan fingerprint density at radius 3 is 2.31 bits per heavy atom. The Hall–Kier alpha value is -2.22. The van der Waals surface area contributed by atoms with E-state index in [9.17, 15) is 10.2 Å². The van der Waals surface area contributed by atoms with Gasteiger partial charge < -0.3 is 10.2 Å². The third-order valence-corrected chi connectivity index (χ3v) is 2.85. The predicted molar refractivity (Wildman–Crippen MR) is 64.8 cm³/mol. The molecule has 0 radical (unpaired) electrons. The monoisotopic (exact) mass is 210 g/mol. The molecule has 0 bridgehead atoms. The van der Waals surface area contributed by atoms with Gasteiger partial charge in [-0.1, -0.05) is 36.4 Å². The lowest BCUT2D eigenvalue weighted by Gasteiger charge is -2.07. The van der Waals surface area contributed by atoms with Crippen LogP contribution in [-0.2, 0) is 0 Å². The van der Waals surface area contributed by atoms with Crippen LogP contribution in [0.4, 0.5) is 0 Å². The lowest BCUT2D eigenvalue weighted by atomic mass is 10.0. The molecule has 0 unspecified atom stereocenters. The van der Waals surface area contributed by atoms with E-state index in [2.05, 4.69) is 0 Å². The summed E-state index contributed by atoms with van der Waals surface area (Å²) < 4.78 is 0. The second-order valence-corrected chi connectivity index (χ2v) is 3.82. The summed E-state index contributed by atoms with van der Waals surface area (Å²) >= 11 is 0. The van der Waals surface area contributed by atoms with Crippen LogP contribution in [-0.4, -0.2) is 10.2 Å². The first-order valence-corrected chi connectivity index (χ1v) is 5.10. The third-order valence-electron chi connectivity index (χ3n) is 2.85. The second-order valence-electron chi connectivity index (χ2n) is 3.82. The number of hydrogen-bond donors (Lipinski definition) is 2. The van der Waals surface area contributed by atoms with Crippen molar-refractivity contribution in [3.05, 3.63) is 48.5 Å². The molecular weight excluding hydrogens is 200 g/mol. The van der Waals surface area contributed by atoms with Gasteiger partial charge in [0.05, 0.1) is 0 Å². The minimum Gasteiger partial charge on any atom is -0.507 e. The molecule has 0 aliphatic rings. The van der Waals surface area contributed by atoms with Crippen molar-refractivity contribution in [1.82, 2.24) is 0 Å². The van der Waals surface area contributed by atoms with Gasteiger partial charge in [-0.25, -0.2) is 0 Å². The van der Waals surface area contributed by atoms with Crippen molar-refractivity contribution in [2.75, 3.05) is 0 Å². The zero-order valence-electron chi connectivity index (χ0n) is 8.51. The number of aromatic hydroxyl groups is 2. The molecule has 0 saturated heterocycles. The van der Waals surface area contributed by atoms with E-state index in [1.165, 1.54) is 0 Å². The number of fused-ring (bicyclic) bond motifs is 2. The zero-order chi connectivity index (χ0) is 11.1. The van der Waals surface area contributed by atoms with Gasteiger partial charge in [0.2, 0.25) is 0 Å². The highest BCUT2D eigenvalue weighted by Crippen LogP contribution is 2.37. The lowest BCUT2D eigenvalue weighted by molar-refractivity contribution is 0.478. The molecule has 0 aliphatic heterocycles. The van der Waals surface area contributed by atoms with E-state index < -0.39 is 0 Å². The summed E-state index contributed by atoms with van der Waals surface area (Å²) in [7, 11) is 0. The van der Waals surface area contributed by atoms with Gasteiger partial charge in [-0.2, -0.15) is 0 Å². The molecule has 3 aromatic rings. The number of benzene rings is 3. The van der Waals surface area contributed by atoms with Crippen LogP contribution in [0.25, 0.3) is 21.5 Å². The number of phenolic OH excluding ortho intramolecular Hbond substituents is 2. The Kier molecular flexibility index (Phi) is 1.77. The second kappa shape index (κ2) is 3.14. The van der Waals surface area contributed by atoms with Gasteiger partial charge in [0.1, 0.15) is 11.5 Å². The van der Waals surface area contributed by atoms with Gasteiger partial charge in [-0.05, 0) is 17.5 Å². The largest absolute Gasteiger partial charge is 0.507 e. The van der Waals surface area contributed by atoms with Crippen LogP contribution in [0.1, 0.15) is 0 Å². The first-order valence-electron chi connectivity index (χ1n) is 5.10. The van der Waals surface area contributed by atoms with Crippen molar-refractivity contribution in [2.24, 2.45) is 0 Å². The molecule has 0 spiro atoms. The molecule has 0 saturated carbocycles. The molecular formula is C14H10O2.